The largest absolute Gasteiger partial charge is 0.390 e. The van der Waals surface area contributed by atoms with E-state index in [2.05, 4.69) is 20.6 Å². The summed E-state index contributed by atoms with van der Waals surface area (Å²) in [5.41, 5.74) is 6.89. The zero-order chi connectivity index (χ0) is 26.3. The number of nitrogen functional groups attached to an aromatic ring is 1. The first-order valence-electron chi connectivity index (χ1n) is 12.7. The van der Waals surface area contributed by atoms with E-state index in [1.807, 2.05) is 13.0 Å². The topological polar surface area (TPSA) is 172 Å². The van der Waals surface area contributed by atoms with Gasteiger partial charge in [-0.25, -0.2) is 15.0 Å². The number of nitrogens with one attached hydrogen (secondary N) is 2. The zero-order valence-corrected chi connectivity index (χ0v) is 22.1. The standard InChI is InChI=1S/C25H35N7O4S/c1-12-17(23-31-18-16(37-23)6-7-27-21(18)26)22(30-15-10-14(25(2,3)35)19(33)20(15)34)32-24(29-12)28-8-9-36-11-13-4-5-13/h6-7,13-15,19-20,33-35H,4-5,8-11H2,1-3H3,(H2,26,27)(H2,28,29,30,32)/t14-,15+,19+,20-/m0/s1. The van der Waals surface area contributed by atoms with E-state index in [4.69, 9.17) is 20.4 Å². The van der Waals surface area contributed by atoms with Crippen molar-refractivity contribution in [3.8, 4) is 10.6 Å². The van der Waals surface area contributed by atoms with Crippen LogP contribution >= 0.6 is 11.3 Å². The van der Waals surface area contributed by atoms with Crippen molar-refractivity contribution in [2.45, 2.75) is 63.9 Å². The summed E-state index contributed by atoms with van der Waals surface area (Å²) in [5.74, 6) is 1.45. The van der Waals surface area contributed by atoms with Gasteiger partial charge in [-0.05, 0) is 52.0 Å². The first-order chi connectivity index (χ1) is 17.6. The second-order valence-electron chi connectivity index (χ2n) is 10.6. The van der Waals surface area contributed by atoms with Gasteiger partial charge in [-0.15, -0.1) is 11.3 Å². The zero-order valence-electron chi connectivity index (χ0n) is 21.3. The molecule has 37 heavy (non-hydrogen) atoms. The minimum atomic E-state index is -1.15. The molecule has 5 rings (SSSR count). The second kappa shape index (κ2) is 10.3. The lowest BCUT2D eigenvalue weighted by atomic mass is 9.88. The normalized spacial score (nSPS) is 24.1. The summed E-state index contributed by atoms with van der Waals surface area (Å²) >= 11 is 1.45. The molecule has 2 fully saturated rings. The van der Waals surface area contributed by atoms with Gasteiger partial charge < -0.3 is 36.4 Å². The number of nitrogens with two attached hydrogens (primary N) is 1. The van der Waals surface area contributed by atoms with Gasteiger partial charge >= 0.3 is 0 Å². The molecule has 0 aromatic carbocycles. The maximum absolute atomic E-state index is 10.8. The van der Waals surface area contributed by atoms with E-state index in [1.165, 1.54) is 24.2 Å². The number of hydrogen-bond acceptors (Lipinski definition) is 12. The van der Waals surface area contributed by atoms with Crippen LogP contribution in [0.4, 0.5) is 17.6 Å². The van der Waals surface area contributed by atoms with Crippen molar-refractivity contribution in [1.82, 2.24) is 19.9 Å². The molecule has 3 aromatic heterocycles. The number of fused-ring (bicyclic) bond motifs is 1. The van der Waals surface area contributed by atoms with E-state index in [9.17, 15) is 15.3 Å². The molecule has 7 N–H and O–H groups in total. The average molecular weight is 530 g/mol. The molecule has 12 heteroatoms. The van der Waals surface area contributed by atoms with Gasteiger partial charge in [0.15, 0.2) is 5.82 Å². The van der Waals surface area contributed by atoms with Gasteiger partial charge in [-0.1, -0.05) is 0 Å². The Labute approximate surface area is 219 Å². The number of rotatable bonds is 10. The van der Waals surface area contributed by atoms with Crippen molar-refractivity contribution in [2.75, 3.05) is 36.1 Å². The Hall–Kier alpha value is -2.64. The Kier molecular flexibility index (Phi) is 7.20. The van der Waals surface area contributed by atoms with Gasteiger partial charge in [-0.2, -0.15) is 4.98 Å². The van der Waals surface area contributed by atoms with E-state index in [-0.39, 0.29) is 0 Å². The maximum Gasteiger partial charge on any atom is 0.224 e. The number of thiazole rings is 1. The molecule has 0 aliphatic heterocycles. The number of anilines is 3. The van der Waals surface area contributed by atoms with E-state index in [1.54, 1.807) is 20.0 Å². The molecule has 0 bridgehead atoms. The van der Waals surface area contributed by atoms with Crippen LogP contribution in [0.1, 0.15) is 38.8 Å². The molecule has 2 aliphatic rings. The Balaban J connectivity index is 1.44. The first-order valence-corrected chi connectivity index (χ1v) is 13.5. The first kappa shape index (κ1) is 26.0. The van der Waals surface area contributed by atoms with Gasteiger partial charge in [0.25, 0.3) is 0 Å². The molecule has 3 aromatic rings. The molecule has 11 nitrogen and oxygen atoms in total. The molecule has 0 radical (unpaired) electrons. The summed E-state index contributed by atoms with van der Waals surface area (Å²) in [6.45, 7) is 7.05. The number of hydrogen-bond donors (Lipinski definition) is 6. The molecular weight excluding hydrogens is 494 g/mol. The van der Waals surface area contributed by atoms with Gasteiger partial charge in [0.2, 0.25) is 5.95 Å². The second-order valence-corrected chi connectivity index (χ2v) is 11.6. The molecule has 3 heterocycles. The fourth-order valence-corrected chi connectivity index (χ4v) is 5.89. The minimum absolute atomic E-state index is 0.347. The lowest BCUT2D eigenvalue weighted by molar-refractivity contribution is -0.0601. The lowest BCUT2D eigenvalue weighted by Gasteiger charge is -2.28. The monoisotopic (exact) mass is 529 g/mol. The molecule has 2 aliphatic carbocycles. The lowest BCUT2D eigenvalue weighted by Crippen LogP contribution is -2.40. The molecular formula is C25H35N7O4S. The summed E-state index contributed by atoms with van der Waals surface area (Å²) in [6, 6.07) is 1.33. The van der Waals surface area contributed by atoms with Crippen molar-refractivity contribution in [2.24, 2.45) is 11.8 Å². The highest BCUT2D eigenvalue weighted by Gasteiger charge is 2.48. The van der Waals surface area contributed by atoms with Crippen LogP contribution < -0.4 is 16.4 Å². The molecule has 0 unspecified atom stereocenters. The number of aromatic nitrogens is 4. The van der Waals surface area contributed by atoms with Crippen LogP contribution in [-0.4, -0.2) is 78.9 Å². The third-order valence-corrected chi connectivity index (χ3v) is 8.17. The smallest absolute Gasteiger partial charge is 0.224 e. The maximum atomic E-state index is 10.8. The fourth-order valence-electron chi connectivity index (χ4n) is 4.82. The van der Waals surface area contributed by atoms with E-state index < -0.39 is 29.8 Å². The SMILES string of the molecule is Cc1nc(NCCOCC2CC2)nc(N[C@@H]2C[C@H](C(C)(C)O)[C@@H](O)[C@H]2O)c1-c1nc2c(N)nccc2s1. The van der Waals surface area contributed by atoms with Crippen LogP contribution in [0, 0.1) is 18.8 Å². The Morgan fingerprint density at radius 1 is 1.19 bits per heavy atom. The van der Waals surface area contributed by atoms with Crippen LogP contribution in [-0.2, 0) is 4.74 Å². The van der Waals surface area contributed by atoms with Crippen LogP contribution in [0.25, 0.3) is 20.8 Å². The minimum Gasteiger partial charge on any atom is -0.390 e. The number of pyridine rings is 1. The van der Waals surface area contributed by atoms with E-state index in [0.29, 0.717) is 64.9 Å². The van der Waals surface area contributed by atoms with Crippen LogP contribution in [0.3, 0.4) is 0 Å². The summed E-state index contributed by atoms with van der Waals surface area (Å²) < 4.78 is 6.60. The van der Waals surface area contributed by atoms with E-state index >= 15 is 0 Å². The summed E-state index contributed by atoms with van der Waals surface area (Å²) in [4.78, 5) is 18.3. The number of ether oxygens (including phenoxy) is 1. The number of aryl methyl sites for hydroxylation is 1. The Morgan fingerprint density at radius 3 is 2.65 bits per heavy atom. The summed E-state index contributed by atoms with van der Waals surface area (Å²) in [5, 5.41) is 39.2. The van der Waals surface area contributed by atoms with Gasteiger partial charge in [0.05, 0.1) is 40.3 Å². The van der Waals surface area contributed by atoms with Crippen LogP contribution in [0.5, 0.6) is 0 Å². The average Bonchev–Trinajstić information content (AvgIpc) is 3.48. The van der Waals surface area contributed by atoms with Crippen molar-refractivity contribution >= 4 is 39.1 Å². The third kappa shape index (κ3) is 5.63. The number of nitrogens with zero attached hydrogens (tertiary/aromatic N) is 4. The van der Waals surface area contributed by atoms with Crippen molar-refractivity contribution in [3.63, 3.8) is 0 Å². The van der Waals surface area contributed by atoms with Gasteiger partial charge in [0, 0.05) is 25.3 Å². The predicted octanol–water partition coefficient (Wildman–Crippen LogP) is 2.17. The molecule has 200 valence electrons. The highest BCUT2D eigenvalue weighted by molar-refractivity contribution is 7.21. The molecule has 0 amide bonds. The van der Waals surface area contributed by atoms with Crippen LogP contribution in [0.2, 0.25) is 0 Å². The molecule has 2 saturated carbocycles. The van der Waals surface area contributed by atoms with Crippen LogP contribution in [0.15, 0.2) is 12.3 Å². The van der Waals surface area contributed by atoms with Gasteiger partial charge in [-0.3, -0.25) is 0 Å². The fraction of sp³-hybridized carbons (Fsp3) is 0.600. The predicted molar refractivity (Wildman–Crippen MR) is 143 cm³/mol. The Morgan fingerprint density at radius 2 is 1.97 bits per heavy atom. The summed E-state index contributed by atoms with van der Waals surface area (Å²) in [7, 11) is 0. The molecule has 0 saturated heterocycles. The van der Waals surface area contributed by atoms with E-state index in [0.717, 1.165) is 11.3 Å². The molecule has 0 spiro atoms. The van der Waals surface area contributed by atoms with Gasteiger partial charge in [0.1, 0.15) is 22.4 Å². The summed E-state index contributed by atoms with van der Waals surface area (Å²) in [6.07, 6.45) is 2.35. The molecule has 4 atom stereocenters. The highest BCUT2D eigenvalue weighted by atomic mass is 32.1. The number of aliphatic hydroxyl groups is 3. The van der Waals surface area contributed by atoms with Crippen molar-refractivity contribution < 1.29 is 20.1 Å². The van der Waals surface area contributed by atoms with Crippen molar-refractivity contribution in [1.29, 1.82) is 0 Å². The Bertz CT molecular complexity index is 1260. The quantitative estimate of drug-likeness (QED) is 0.213. The third-order valence-electron chi connectivity index (χ3n) is 7.13. The van der Waals surface area contributed by atoms with Crippen molar-refractivity contribution in [3.05, 3.63) is 18.0 Å². The number of aliphatic hydroxyl groups excluding tert-OH is 2. The highest BCUT2D eigenvalue weighted by Crippen LogP contribution is 2.40.